The molecular weight excluding hydrogens is 278 g/mol. The second-order valence-corrected chi connectivity index (χ2v) is 5.23. The highest BCUT2D eigenvalue weighted by molar-refractivity contribution is 5.45. The van der Waals surface area contributed by atoms with Crippen molar-refractivity contribution >= 4 is 0 Å². The van der Waals surface area contributed by atoms with Gasteiger partial charge in [0.15, 0.2) is 0 Å². The Morgan fingerprint density at radius 2 is 1.64 bits per heavy atom. The van der Waals surface area contributed by atoms with E-state index in [2.05, 4.69) is 10.2 Å². The Morgan fingerprint density at radius 1 is 1.00 bits per heavy atom. The van der Waals surface area contributed by atoms with Crippen LogP contribution in [0.2, 0.25) is 0 Å². The number of ether oxygens (including phenoxy) is 1. The van der Waals surface area contributed by atoms with E-state index in [1.54, 1.807) is 6.92 Å². The Kier molecular flexibility index (Phi) is 3.55. The second-order valence-electron chi connectivity index (χ2n) is 5.23. The van der Waals surface area contributed by atoms with E-state index >= 15 is 0 Å². The maximum Gasteiger partial charge on any atom is 0.347 e. The number of nitrogens with one attached hydrogen (secondary N) is 1. The van der Waals surface area contributed by atoms with E-state index in [1.807, 2.05) is 56.3 Å². The molecule has 0 saturated carbocycles. The molecule has 5 nitrogen and oxygen atoms in total. The first-order chi connectivity index (χ1) is 10.6. The van der Waals surface area contributed by atoms with Crippen molar-refractivity contribution in [1.82, 2.24) is 14.8 Å². The third-order valence-corrected chi connectivity index (χ3v) is 3.56. The Balaban J connectivity index is 1.91. The fourth-order valence-electron chi connectivity index (χ4n) is 2.42. The van der Waals surface area contributed by atoms with Gasteiger partial charge >= 0.3 is 5.69 Å². The highest BCUT2D eigenvalue weighted by atomic mass is 16.5. The zero-order valence-electron chi connectivity index (χ0n) is 12.8. The predicted molar refractivity (Wildman–Crippen MR) is 84.9 cm³/mol. The zero-order chi connectivity index (χ0) is 15.7. The Bertz CT molecular complexity index is 840. The molecule has 1 aromatic heterocycles. The molecule has 22 heavy (non-hydrogen) atoms. The summed E-state index contributed by atoms with van der Waals surface area (Å²) in [7, 11) is 0. The molecule has 5 heteroatoms. The van der Waals surface area contributed by atoms with E-state index < -0.39 is 0 Å². The highest BCUT2D eigenvalue weighted by Gasteiger charge is 2.08. The summed E-state index contributed by atoms with van der Waals surface area (Å²) in [5.74, 6) is 2.22. The van der Waals surface area contributed by atoms with Crippen LogP contribution in [0.25, 0.3) is 5.69 Å². The van der Waals surface area contributed by atoms with Gasteiger partial charge in [0.05, 0.1) is 5.69 Å². The molecule has 3 rings (SSSR count). The largest absolute Gasteiger partial charge is 0.457 e. The van der Waals surface area contributed by atoms with E-state index in [1.165, 1.54) is 4.57 Å². The summed E-state index contributed by atoms with van der Waals surface area (Å²) in [6, 6.07) is 13.4. The summed E-state index contributed by atoms with van der Waals surface area (Å²) in [5.41, 5.74) is 2.68. The van der Waals surface area contributed by atoms with Gasteiger partial charge in [-0.05, 0) is 56.2 Å². The molecule has 0 spiro atoms. The summed E-state index contributed by atoms with van der Waals surface area (Å²) in [4.78, 5) is 11.7. The minimum atomic E-state index is -0.249. The molecule has 2 aromatic carbocycles. The van der Waals surface area contributed by atoms with E-state index in [-0.39, 0.29) is 5.69 Å². The Hall–Kier alpha value is -2.82. The number of benzene rings is 2. The third kappa shape index (κ3) is 2.53. The minimum Gasteiger partial charge on any atom is -0.457 e. The quantitative estimate of drug-likeness (QED) is 0.806. The van der Waals surface area contributed by atoms with Crippen LogP contribution in [-0.2, 0) is 0 Å². The number of aryl methyl sites for hydroxylation is 3. The molecule has 0 bridgehead atoms. The molecular formula is C17H17N3O2. The van der Waals surface area contributed by atoms with Gasteiger partial charge in [0, 0.05) is 0 Å². The summed E-state index contributed by atoms with van der Waals surface area (Å²) in [6.45, 7) is 5.81. The number of para-hydroxylation sites is 1. The molecule has 0 radical (unpaired) electrons. The van der Waals surface area contributed by atoms with Crippen molar-refractivity contribution in [2.24, 2.45) is 0 Å². The fourth-order valence-corrected chi connectivity index (χ4v) is 2.42. The molecule has 0 unspecified atom stereocenters. The van der Waals surface area contributed by atoms with Gasteiger partial charge in [0.1, 0.15) is 17.3 Å². The average molecular weight is 295 g/mol. The fraction of sp³-hybridized carbons (Fsp3) is 0.176. The number of aromatic nitrogens is 3. The number of hydrogen-bond donors (Lipinski definition) is 1. The molecule has 1 heterocycles. The number of rotatable bonds is 3. The standard InChI is InChI=1S/C17H17N3O2/c1-11-5-4-6-12(2)16(11)22-15-9-7-14(8-10-15)20-13(3)18-19-17(20)21/h4-10H,1-3H3,(H,19,21). The second kappa shape index (κ2) is 5.52. The van der Waals surface area contributed by atoms with Gasteiger partial charge in [-0.25, -0.2) is 14.5 Å². The van der Waals surface area contributed by atoms with Crippen LogP contribution in [-0.4, -0.2) is 14.8 Å². The molecule has 3 aromatic rings. The molecule has 0 saturated heterocycles. The molecule has 0 aliphatic heterocycles. The van der Waals surface area contributed by atoms with Gasteiger partial charge in [0.2, 0.25) is 0 Å². The Morgan fingerprint density at radius 3 is 2.18 bits per heavy atom. The van der Waals surface area contributed by atoms with Crippen molar-refractivity contribution in [1.29, 1.82) is 0 Å². The molecule has 0 amide bonds. The molecule has 0 aliphatic rings. The predicted octanol–water partition coefficient (Wildman–Crippen LogP) is 3.28. The van der Waals surface area contributed by atoms with E-state index in [0.717, 1.165) is 28.3 Å². The lowest BCUT2D eigenvalue weighted by Crippen LogP contribution is -2.15. The number of nitrogens with zero attached hydrogens (tertiary/aromatic N) is 2. The summed E-state index contributed by atoms with van der Waals surface area (Å²) < 4.78 is 7.48. The van der Waals surface area contributed by atoms with Gasteiger partial charge < -0.3 is 4.74 Å². The first kappa shape index (κ1) is 14.1. The third-order valence-electron chi connectivity index (χ3n) is 3.56. The van der Waals surface area contributed by atoms with Gasteiger partial charge in [-0.3, -0.25) is 0 Å². The van der Waals surface area contributed by atoms with Crippen LogP contribution in [0.4, 0.5) is 0 Å². The molecule has 112 valence electrons. The van der Waals surface area contributed by atoms with Crippen LogP contribution in [0.1, 0.15) is 17.0 Å². The van der Waals surface area contributed by atoms with Gasteiger partial charge in [-0.2, -0.15) is 5.10 Å². The summed E-state index contributed by atoms with van der Waals surface area (Å²) >= 11 is 0. The zero-order valence-corrected chi connectivity index (χ0v) is 12.8. The molecule has 0 aliphatic carbocycles. The van der Waals surface area contributed by atoms with E-state index in [9.17, 15) is 4.79 Å². The summed E-state index contributed by atoms with van der Waals surface area (Å²) in [5, 5.41) is 6.33. The lowest BCUT2D eigenvalue weighted by molar-refractivity contribution is 0.475. The minimum absolute atomic E-state index is 0.249. The van der Waals surface area contributed by atoms with E-state index in [4.69, 9.17) is 4.74 Å². The van der Waals surface area contributed by atoms with Crippen LogP contribution < -0.4 is 10.4 Å². The van der Waals surface area contributed by atoms with Crippen molar-refractivity contribution in [2.45, 2.75) is 20.8 Å². The molecule has 0 atom stereocenters. The van der Waals surface area contributed by atoms with Crippen LogP contribution in [0.3, 0.4) is 0 Å². The first-order valence-corrected chi connectivity index (χ1v) is 7.05. The summed E-state index contributed by atoms with van der Waals surface area (Å²) in [6.07, 6.45) is 0. The molecule has 0 fully saturated rings. The smallest absolute Gasteiger partial charge is 0.347 e. The van der Waals surface area contributed by atoms with E-state index in [0.29, 0.717) is 5.82 Å². The van der Waals surface area contributed by atoms with Crippen LogP contribution in [0, 0.1) is 20.8 Å². The lowest BCUT2D eigenvalue weighted by Gasteiger charge is -2.12. The van der Waals surface area contributed by atoms with Crippen molar-refractivity contribution in [3.8, 4) is 17.2 Å². The van der Waals surface area contributed by atoms with Crippen LogP contribution in [0.15, 0.2) is 47.3 Å². The number of aromatic amines is 1. The topological polar surface area (TPSA) is 59.9 Å². The van der Waals surface area contributed by atoms with Gasteiger partial charge in [0.25, 0.3) is 0 Å². The van der Waals surface area contributed by atoms with Crippen LogP contribution >= 0.6 is 0 Å². The van der Waals surface area contributed by atoms with Crippen molar-refractivity contribution in [2.75, 3.05) is 0 Å². The number of H-pyrrole nitrogens is 1. The van der Waals surface area contributed by atoms with Crippen molar-refractivity contribution in [3.05, 3.63) is 69.9 Å². The maximum atomic E-state index is 11.7. The van der Waals surface area contributed by atoms with Gasteiger partial charge in [-0.15, -0.1) is 0 Å². The van der Waals surface area contributed by atoms with Crippen LogP contribution in [0.5, 0.6) is 11.5 Å². The maximum absolute atomic E-state index is 11.7. The normalized spacial score (nSPS) is 10.7. The average Bonchev–Trinajstić information content (AvgIpc) is 2.83. The SMILES string of the molecule is Cc1cccc(C)c1Oc1ccc(-n2c(C)n[nH]c2=O)cc1. The van der Waals surface area contributed by atoms with Crippen molar-refractivity contribution < 1.29 is 4.74 Å². The van der Waals surface area contributed by atoms with Crippen molar-refractivity contribution in [3.63, 3.8) is 0 Å². The highest BCUT2D eigenvalue weighted by Crippen LogP contribution is 2.28. The lowest BCUT2D eigenvalue weighted by atomic mass is 10.1. The first-order valence-electron chi connectivity index (χ1n) is 7.05. The Labute approximate surface area is 128 Å². The van der Waals surface area contributed by atoms with Gasteiger partial charge in [-0.1, -0.05) is 18.2 Å². The monoisotopic (exact) mass is 295 g/mol. The number of hydrogen-bond acceptors (Lipinski definition) is 3. The molecule has 1 N–H and O–H groups in total.